The molecule has 4 nitrogen and oxygen atoms in total. The SMILES string of the molecule is Cc1cccc(C)c1OCC(=O)Nc1ccc(OCCC2CCCCC2)cc1. The van der Waals surface area contributed by atoms with E-state index < -0.39 is 0 Å². The van der Waals surface area contributed by atoms with Crippen LogP contribution in [0, 0.1) is 19.8 Å². The van der Waals surface area contributed by atoms with E-state index in [1.54, 1.807) is 0 Å². The first kappa shape index (κ1) is 20.2. The van der Waals surface area contributed by atoms with Crippen molar-refractivity contribution in [3.05, 3.63) is 53.6 Å². The highest BCUT2D eigenvalue weighted by atomic mass is 16.5. The van der Waals surface area contributed by atoms with Gasteiger partial charge in [-0.2, -0.15) is 0 Å². The summed E-state index contributed by atoms with van der Waals surface area (Å²) < 4.78 is 11.6. The second kappa shape index (κ2) is 10.2. The summed E-state index contributed by atoms with van der Waals surface area (Å²) in [5.41, 5.74) is 2.81. The van der Waals surface area contributed by atoms with E-state index in [1.807, 2.05) is 56.3 Å². The van der Waals surface area contributed by atoms with Crippen molar-refractivity contribution in [2.24, 2.45) is 5.92 Å². The molecule has 2 aromatic carbocycles. The number of hydrogen-bond donors (Lipinski definition) is 1. The average Bonchev–Trinajstić information content (AvgIpc) is 2.70. The van der Waals surface area contributed by atoms with Crippen LogP contribution in [0.3, 0.4) is 0 Å². The van der Waals surface area contributed by atoms with Gasteiger partial charge in [0, 0.05) is 5.69 Å². The molecule has 0 unspecified atom stereocenters. The van der Waals surface area contributed by atoms with Crippen molar-refractivity contribution in [2.45, 2.75) is 52.4 Å². The van der Waals surface area contributed by atoms with Gasteiger partial charge in [-0.1, -0.05) is 50.3 Å². The van der Waals surface area contributed by atoms with E-state index in [0.717, 1.165) is 47.3 Å². The number of aryl methyl sites for hydroxylation is 2. The number of para-hydroxylation sites is 1. The molecular weight excluding hydrogens is 350 g/mol. The van der Waals surface area contributed by atoms with Gasteiger partial charge < -0.3 is 14.8 Å². The van der Waals surface area contributed by atoms with Crippen LogP contribution in [0.5, 0.6) is 11.5 Å². The van der Waals surface area contributed by atoms with Crippen molar-refractivity contribution in [3.8, 4) is 11.5 Å². The second-order valence-electron chi connectivity index (χ2n) is 7.72. The van der Waals surface area contributed by atoms with Crippen molar-refractivity contribution in [1.29, 1.82) is 0 Å². The third-order valence-electron chi connectivity index (χ3n) is 5.41. The minimum atomic E-state index is -0.173. The summed E-state index contributed by atoms with van der Waals surface area (Å²) in [4.78, 5) is 12.2. The Morgan fingerprint density at radius 1 is 0.964 bits per heavy atom. The second-order valence-corrected chi connectivity index (χ2v) is 7.72. The number of carbonyl (C=O) groups is 1. The van der Waals surface area contributed by atoms with E-state index in [1.165, 1.54) is 32.1 Å². The molecule has 0 aliphatic heterocycles. The number of anilines is 1. The number of ether oxygens (including phenoxy) is 2. The topological polar surface area (TPSA) is 47.6 Å². The number of benzene rings is 2. The molecule has 2 aromatic rings. The van der Waals surface area contributed by atoms with Gasteiger partial charge in [-0.25, -0.2) is 0 Å². The zero-order valence-corrected chi connectivity index (χ0v) is 17.0. The molecule has 1 aliphatic carbocycles. The molecule has 1 saturated carbocycles. The molecule has 1 fully saturated rings. The Morgan fingerprint density at radius 3 is 2.32 bits per heavy atom. The molecule has 0 bridgehead atoms. The molecular formula is C24H31NO3. The number of amides is 1. The summed E-state index contributed by atoms with van der Waals surface area (Å²) in [7, 11) is 0. The summed E-state index contributed by atoms with van der Waals surface area (Å²) in [6, 6.07) is 13.5. The molecule has 28 heavy (non-hydrogen) atoms. The van der Waals surface area contributed by atoms with Gasteiger partial charge in [0.25, 0.3) is 5.91 Å². The Balaban J connectivity index is 1.41. The molecule has 4 heteroatoms. The minimum absolute atomic E-state index is 0.00860. The van der Waals surface area contributed by atoms with Crippen LogP contribution >= 0.6 is 0 Å². The Morgan fingerprint density at radius 2 is 1.64 bits per heavy atom. The standard InChI is InChI=1S/C24H31NO3/c1-18-7-6-8-19(2)24(18)28-17-23(26)25-21-11-13-22(14-12-21)27-16-15-20-9-4-3-5-10-20/h6-8,11-14,20H,3-5,9-10,15-17H2,1-2H3,(H,25,26). The van der Waals surface area contributed by atoms with Gasteiger partial charge in [0.1, 0.15) is 11.5 Å². The van der Waals surface area contributed by atoms with E-state index in [0.29, 0.717) is 0 Å². The quantitative estimate of drug-likeness (QED) is 0.641. The lowest BCUT2D eigenvalue weighted by atomic mass is 9.87. The van der Waals surface area contributed by atoms with Gasteiger partial charge in [-0.05, 0) is 61.6 Å². The lowest BCUT2D eigenvalue weighted by molar-refractivity contribution is -0.118. The summed E-state index contributed by atoms with van der Waals surface area (Å²) in [5, 5.41) is 2.87. The first-order valence-corrected chi connectivity index (χ1v) is 10.3. The number of nitrogens with one attached hydrogen (secondary N) is 1. The van der Waals surface area contributed by atoms with Gasteiger partial charge in [-0.15, -0.1) is 0 Å². The highest BCUT2D eigenvalue weighted by molar-refractivity contribution is 5.91. The van der Waals surface area contributed by atoms with Gasteiger partial charge >= 0.3 is 0 Å². The zero-order chi connectivity index (χ0) is 19.8. The van der Waals surface area contributed by atoms with Crippen LogP contribution in [0.25, 0.3) is 0 Å². The average molecular weight is 382 g/mol. The summed E-state index contributed by atoms with van der Waals surface area (Å²) >= 11 is 0. The number of carbonyl (C=O) groups excluding carboxylic acids is 1. The van der Waals surface area contributed by atoms with Crippen LogP contribution in [0.1, 0.15) is 49.7 Å². The lowest BCUT2D eigenvalue weighted by Crippen LogP contribution is -2.20. The maximum absolute atomic E-state index is 12.2. The Bertz CT molecular complexity index is 744. The maximum Gasteiger partial charge on any atom is 0.262 e. The Hall–Kier alpha value is -2.49. The van der Waals surface area contributed by atoms with Crippen LogP contribution in [0.4, 0.5) is 5.69 Å². The van der Waals surface area contributed by atoms with E-state index in [2.05, 4.69) is 5.32 Å². The van der Waals surface area contributed by atoms with Crippen LogP contribution < -0.4 is 14.8 Å². The molecule has 0 radical (unpaired) electrons. The molecule has 3 rings (SSSR count). The van der Waals surface area contributed by atoms with Crippen molar-refractivity contribution in [2.75, 3.05) is 18.5 Å². The minimum Gasteiger partial charge on any atom is -0.494 e. The van der Waals surface area contributed by atoms with E-state index >= 15 is 0 Å². The molecule has 0 spiro atoms. The Labute approximate surface area is 168 Å². The van der Waals surface area contributed by atoms with Crippen LogP contribution in [0.2, 0.25) is 0 Å². The van der Waals surface area contributed by atoms with Crippen LogP contribution in [-0.2, 0) is 4.79 Å². The third-order valence-corrected chi connectivity index (χ3v) is 5.41. The lowest BCUT2D eigenvalue weighted by Gasteiger charge is -2.21. The van der Waals surface area contributed by atoms with Gasteiger partial charge in [0.05, 0.1) is 6.61 Å². The zero-order valence-electron chi connectivity index (χ0n) is 17.0. The number of rotatable bonds is 8. The fraction of sp³-hybridized carbons (Fsp3) is 0.458. The summed E-state index contributed by atoms with van der Waals surface area (Å²) in [5.74, 6) is 2.28. The Kier molecular flexibility index (Phi) is 7.35. The van der Waals surface area contributed by atoms with E-state index in [-0.39, 0.29) is 12.5 Å². The predicted octanol–water partition coefficient (Wildman–Crippen LogP) is 5.67. The summed E-state index contributed by atoms with van der Waals surface area (Å²) in [6.07, 6.45) is 7.95. The van der Waals surface area contributed by atoms with Crippen molar-refractivity contribution >= 4 is 11.6 Å². The molecule has 0 heterocycles. The molecule has 0 atom stereocenters. The highest BCUT2D eigenvalue weighted by Crippen LogP contribution is 2.26. The van der Waals surface area contributed by atoms with Crippen LogP contribution in [-0.4, -0.2) is 19.1 Å². The third kappa shape index (κ3) is 6.01. The number of hydrogen-bond acceptors (Lipinski definition) is 3. The molecule has 0 saturated heterocycles. The maximum atomic E-state index is 12.2. The monoisotopic (exact) mass is 381 g/mol. The molecule has 150 valence electrons. The fourth-order valence-corrected chi connectivity index (χ4v) is 3.82. The van der Waals surface area contributed by atoms with Gasteiger partial charge in [-0.3, -0.25) is 4.79 Å². The van der Waals surface area contributed by atoms with Gasteiger partial charge in [0.2, 0.25) is 0 Å². The van der Waals surface area contributed by atoms with Crippen molar-refractivity contribution in [3.63, 3.8) is 0 Å². The van der Waals surface area contributed by atoms with Crippen LogP contribution in [0.15, 0.2) is 42.5 Å². The first-order valence-electron chi connectivity index (χ1n) is 10.3. The molecule has 1 N–H and O–H groups in total. The first-order chi connectivity index (χ1) is 13.6. The molecule has 0 aromatic heterocycles. The van der Waals surface area contributed by atoms with Gasteiger partial charge in [0.15, 0.2) is 6.61 Å². The van der Waals surface area contributed by atoms with Crippen molar-refractivity contribution in [1.82, 2.24) is 0 Å². The largest absolute Gasteiger partial charge is 0.494 e. The molecule has 1 aliphatic rings. The smallest absolute Gasteiger partial charge is 0.262 e. The molecule has 1 amide bonds. The van der Waals surface area contributed by atoms with E-state index in [4.69, 9.17) is 9.47 Å². The fourth-order valence-electron chi connectivity index (χ4n) is 3.82. The normalized spacial score (nSPS) is 14.5. The van der Waals surface area contributed by atoms with E-state index in [9.17, 15) is 4.79 Å². The summed E-state index contributed by atoms with van der Waals surface area (Å²) in [6.45, 7) is 4.71. The highest BCUT2D eigenvalue weighted by Gasteiger charge is 2.13. The van der Waals surface area contributed by atoms with Crippen molar-refractivity contribution < 1.29 is 14.3 Å². The predicted molar refractivity (Wildman–Crippen MR) is 113 cm³/mol.